The molecule has 1 atom stereocenters. The molecule has 1 aliphatic rings. The Hall–Kier alpha value is -2.37. The van der Waals surface area contributed by atoms with E-state index in [1.165, 1.54) is 0 Å². The predicted molar refractivity (Wildman–Crippen MR) is 58.5 cm³/mol. The van der Waals surface area contributed by atoms with Crippen molar-refractivity contribution in [3.05, 3.63) is 30.3 Å². The number of carbonyl (C=O) groups excluding carboxylic acids is 2. The van der Waals surface area contributed by atoms with Crippen molar-refractivity contribution in [3.8, 4) is 0 Å². The standard InChI is InChI=1S/C11H10N2O4/c14-9(15)6-8-10(16)12-11(17)13(8)7-4-2-1-3-5-7/h1-5,8H,6H2,(H,14,15)(H,12,16,17). The molecule has 0 saturated carbocycles. The van der Waals surface area contributed by atoms with E-state index in [9.17, 15) is 14.4 Å². The van der Waals surface area contributed by atoms with Crippen molar-refractivity contribution in [3.63, 3.8) is 0 Å². The van der Waals surface area contributed by atoms with E-state index in [2.05, 4.69) is 5.32 Å². The molecule has 6 nitrogen and oxygen atoms in total. The molecule has 1 unspecified atom stereocenters. The van der Waals surface area contributed by atoms with Crippen molar-refractivity contribution in [2.75, 3.05) is 4.90 Å². The van der Waals surface area contributed by atoms with Crippen LogP contribution < -0.4 is 10.2 Å². The van der Waals surface area contributed by atoms with E-state index in [1.807, 2.05) is 0 Å². The Morgan fingerprint density at radius 1 is 1.29 bits per heavy atom. The molecule has 2 N–H and O–H groups in total. The highest BCUT2D eigenvalue weighted by Gasteiger charge is 2.40. The molecule has 6 heteroatoms. The minimum absolute atomic E-state index is 0.410. The Bertz CT molecular complexity index is 472. The number of para-hydroxylation sites is 1. The van der Waals surface area contributed by atoms with Crippen LogP contribution in [-0.4, -0.2) is 29.1 Å². The molecule has 3 amide bonds. The van der Waals surface area contributed by atoms with Gasteiger partial charge in [-0.25, -0.2) is 4.79 Å². The maximum absolute atomic E-state index is 11.6. The third-order valence-electron chi connectivity index (χ3n) is 2.47. The maximum atomic E-state index is 11.6. The number of nitrogens with zero attached hydrogens (tertiary/aromatic N) is 1. The van der Waals surface area contributed by atoms with Crippen LogP contribution in [-0.2, 0) is 9.59 Å². The van der Waals surface area contributed by atoms with Crippen molar-refractivity contribution in [2.24, 2.45) is 0 Å². The molecular formula is C11H10N2O4. The fourth-order valence-electron chi connectivity index (χ4n) is 1.74. The van der Waals surface area contributed by atoms with Crippen molar-refractivity contribution in [2.45, 2.75) is 12.5 Å². The summed E-state index contributed by atoms with van der Waals surface area (Å²) in [6.45, 7) is 0. The number of nitrogens with one attached hydrogen (secondary N) is 1. The van der Waals surface area contributed by atoms with Crippen molar-refractivity contribution in [1.29, 1.82) is 0 Å². The Morgan fingerprint density at radius 3 is 2.53 bits per heavy atom. The van der Waals surface area contributed by atoms with E-state index >= 15 is 0 Å². The van der Waals surface area contributed by atoms with Crippen LogP contribution >= 0.6 is 0 Å². The quantitative estimate of drug-likeness (QED) is 0.749. The van der Waals surface area contributed by atoms with Gasteiger partial charge in [0.15, 0.2) is 0 Å². The van der Waals surface area contributed by atoms with Gasteiger partial charge >= 0.3 is 12.0 Å². The Balaban J connectivity index is 2.32. The number of rotatable bonds is 3. The normalized spacial score (nSPS) is 19.3. The summed E-state index contributed by atoms with van der Waals surface area (Å²) < 4.78 is 0. The maximum Gasteiger partial charge on any atom is 0.329 e. The summed E-state index contributed by atoms with van der Waals surface area (Å²) in [4.78, 5) is 34.9. The number of carbonyl (C=O) groups is 3. The zero-order valence-corrected chi connectivity index (χ0v) is 8.79. The van der Waals surface area contributed by atoms with Gasteiger partial charge in [-0.05, 0) is 12.1 Å². The van der Waals surface area contributed by atoms with Gasteiger partial charge in [-0.3, -0.25) is 19.8 Å². The lowest BCUT2D eigenvalue weighted by Gasteiger charge is -2.20. The number of urea groups is 1. The van der Waals surface area contributed by atoms with Crippen molar-refractivity contribution in [1.82, 2.24) is 5.32 Å². The molecule has 1 aromatic carbocycles. The number of hydrogen-bond acceptors (Lipinski definition) is 3. The summed E-state index contributed by atoms with van der Waals surface area (Å²) in [6, 6.07) is 6.91. The number of imide groups is 1. The number of aliphatic carboxylic acids is 1. The third kappa shape index (κ3) is 2.10. The first-order chi connectivity index (χ1) is 8.09. The lowest BCUT2D eigenvalue weighted by molar-refractivity contribution is -0.139. The topological polar surface area (TPSA) is 86.7 Å². The van der Waals surface area contributed by atoms with E-state index in [0.717, 1.165) is 4.90 Å². The van der Waals surface area contributed by atoms with Gasteiger partial charge in [0.2, 0.25) is 0 Å². The molecule has 1 heterocycles. The number of carboxylic acids is 1. The van der Waals surface area contributed by atoms with Crippen LogP contribution in [0.25, 0.3) is 0 Å². The van der Waals surface area contributed by atoms with E-state index in [4.69, 9.17) is 5.11 Å². The predicted octanol–water partition coefficient (Wildman–Crippen LogP) is 0.586. The molecule has 1 fully saturated rings. The highest BCUT2D eigenvalue weighted by atomic mass is 16.4. The first kappa shape index (κ1) is 11.1. The number of amides is 3. The second kappa shape index (κ2) is 4.25. The fraction of sp³-hybridized carbons (Fsp3) is 0.182. The van der Waals surface area contributed by atoms with Crippen molar-refractivity contribution >= 4 is 23.6 Å². The van der Waals surface area contributed by atoms with E-state index in [0.29, 0.717) is 5.69 Å². The summed E-state index contributed by atoms with van der Waals surface area (Å²) >= 11 is 0. The van der Waals surface area contributed by atoms with Gasteiger partial charge in [0, 0.05) is 5.69 Å². The van der Waals surface area contributed by atoms with E-state index < -0.39 is 30.4 Å². The zero-order valence-electron chi connectivity index (χ0n) is 8.79. The van der Waals surface area contributed by atoms with Crippen LogP contribution in [0.5, 0.6) is 0 Å². The number of benzene rings is 1. The molecule has 2 rings (SSSR count). The second-order valence-electron chi connectivity index (χ2n) is 3.61. The number of carboxylic acid groups (broad SMARTS) is 1. The molecule has 0 radical (unpaired) electrons. The average Bonchev–Trinajstić information content (AvgIpc) is 2.54. The highest BCUT2D eigenvalue weighted by molar-refractivity contribution is 6.15. The smallest absolute Gasteiger partial charge is 0.329 e. The Labute approximate surface area is 96.8 Å². The van der Waals surface area contributed by atoms with Crippen LogP contribution in [0.15, 0.2) is 30.3 Å². The molecule has 0 aliphatic carbocycles. The molecule has 0 spiro atoms. The summed E-state index contributed by atoms with van der Waals surface area (Å²) in [5.74, 6) is -1.71. The minimum Gasteiger partial charge on any atom is -0.481 e. The van der Waals surface area contributed by atoms with Gasteiger partial charge in [0.1, 0.15) is 6.04 Å². The van der Waals surface area contributed by atoms with Crippen molar-refractivity contribution < 1.29 is 19.5 Å². The van der Waals surface area contributed by atoms with Gasteiger partial charge < -0.3 is 5.11 Å². The summed E-state index contributed by atoms with van der Waals surface area (Å²) in [5.41, 5.74) is 0.502. The first-order valence-corrected chi connectivity index (χ1v) is 5.00. The van der Waals surface area contributed by atoms with Crippen LogP contribution in [0.4, 0.5) is 10.5 Å². The summed E-state index contributed by atoms with van der Waals surface area (Å²) in [5, 5.41) is 10.8. The average molecular weight is 234 g/mol. The molecule has 0 aromatic heterocycles. The van der Waals surface area contributed by atoms with Gasteiger partial charge in [-0.15, -0.1) is 0 Å². The highest BCUT2D eigenvalue weighted by Crippen LogP contribution is 2.22. The van der Waals surface area contributed by atoms with Gasteiger partial charge in [0.25, 0.3) is 5.91 Å². The van der Waals surface area contributed by atoms with Gasteiger partial charge in [-0.2, -0.15) is 0 Å². The van der Waals surface area contributed by atoms with Gasteiger partial charge in [0.05, 0.1) is 6.42 Å². The first-order valence-electron chi connectivity index (χ1n) is 5.00. The minimum atomic E-state index is -1.12. The SMILES string of the molecule is O=C(O)CC1C(=O)NC(=O)N1c1ccccc1. The third-order valence-corrected chi connectivity index (χ3v) is 2.47. The van der Waals surface area contributed by atoms with E-state index in [1.54, 1.807) is 30.3 Å². The Morgan fingerprint density at radius 2 is 1.94 bits per heavy atom. The van der Waals surface area contributed by atoms with E-state index in [-0.39, 0.29) is 0 Å². The largest absolute Gasteiger partial charge is 0.481 e. The van der Waals surface area contributed by atoms with Crippen LogP contribution in [0, 0.1) is 0 Å². The lowest BCUT2D eigenvalue weighted by atomic mass is 10.1. The monoisotopic (exact) mass is 234 g/mol. The lowest BCUT2D eigenvalue weighted by Crippen LogP contribution is -2.36. The van der Waals surface area contributed by atoms with Crippen LogP contribution in [0.2, 0.25) is 0 Å². The summed E-state index contributed by atoms with van der Waals surface area (Å²) in [7, 11) is 0. The number of anilines is 1. The second-order valence-corrected chi connectivity index (χ2v) is 3.61. The molecule has 88 valence electrons. The van der Waals surface area contributed by atoms with Crippen LogP contribution in [0.1, 0.15) is 6.42 Å². The summed E-state index contributed by atoms with van der Waals surface area (Å²) in [6.07, 6.45) is -0.410. The Kier molecular flexibility index (Phi) is 2.78. The molecule has 1 aliphatic heterocycles. The zero-order chi connectivity index (χ0) is 12.4. The van der Waals surface area contributed by atoms with Gasteiger partial charge in [-0.1, -0.05) is 18.2 Å². The molecule has 0 bridgehead atoms. The fourth-order valence-corrected chi connectivity index (χ4v) is 1.74. The van der Waals surface area contributed by atoms with Crippen LogP contribution in [0.3, 0.4) is 0 Å². The number of hydrogen-bond donors (Lipinski definition) is 2. The molecule has 1 aromatic rings. The molecular weight excluding hydrogens is 224 g/mol. The molecule has 17 heavy (non-hydrogen) atoms. The molecule has 1 saturated heterocycles.